The van der Waals surface area contributed by atoms with Crippen molar-refractivity contribution >= 4 is 17.8 Å². The molecule has 1 aromatic rings. The highest BCUT2D eigenvalue weighted by Gasteiger charge is 2.50. The smallest absolute Gasteiger partial charge is 0.302 e. The van der Waals surface area contributed by atoms with Gasteiger partial charge in [0.25, 0.3) is 11.8 Å². The molecule has 5 atom stereocenters. The predicted molar refractivity (Wildman–Crippen MR) is 86.6 cm³/mol. The van der Waals surface area contributed by atoms with E-state index < -0.39 is 36.2 Å². The van der Waals surface area contributed by atoms with Crippen LogP contribution in [-0.2, 0) is 14.3 Å². The second-order valence-corrected chi connectivity index (χ2v) is 6.60. The lowest BCUT2D eigenvalue weighted by atomic mass is 9.81. The number of benzene rings is 1. The second kappa shape index (κ2) is 6.57. The van der Waals surface area contributed by atoms with E-state index in [1.54, 1.807) is 24.3 Å². The van der Waals surface area contributed by atoms with Gasteiger partial charge in [-0.1, -0.05) is 26.0 Å². The summed E-state index contributed by atoms with van der Waals surface area (Å²) in [7, 11) is 0. The van der Waals surface area contributed by atoms with Crippen LogP contribution in [0, 0.1) is 11.8 Å². The van der Waals surface area contributed by atoms with Crippen LogP contribution in [0.25, 0.3) is 0 Å². The zero-order chi connectivity index (χ0) is 18.3. The summed E-state index contributed by atoms with van der Waals surface area (Å²) in [6, 6.07) is 5.80. The number of hydrogen-bond donors (Lipinski definition) is 1. The fourth-order valence-electron chi connectivity index (χ4n) is 3.52. The molecule has 0 saturated carbocycles. The van der Waals surface area contributed by atoms with E-state index in [2.05, 4.69) is 0 Å². The molecule has 2 amide bonds. The summed E-state index contributed by atoms with van der Waals surface area (Å²) in [5.74, 6) is -1.64. The predicted octanol–water partition coefficient (Wildman–Crippen LogP) is 1.20. The standard InChI is InChI=1S/C18H21NO6/c1-9-10(2)15(18(23)25-14(9)8-24-11(3)20)19-16(21)12-6-4-5-7-13(12)17(19)22/h4-7,9-10,14-15,18,23H,8H2,1-3H3/t9-,10+,14?,15?,18?/m1/s1. The van der Waals surface area contributed by atoms with E-state index in [1.165, 1.54) is 6.92 Å². The molecule has 0 radical (unpaired) electrons. The first kappa shape index (κ1) is 17.6. The van der Waals surface area contributed by atoms with Gasteiger partial charge in [0.2, 0.25) is 0 Å². The maximum absolute atomic E-state index is 12.7. The van der Waals surface area contributed by atoms with Crippen LogP contribution in [0.3, 0.4) is 0 Å². The van der Waals surface area contributed by atoms with E-state index in [0.29, 0.717) is 11.1 Å². The van der Waals surface area contributed by atoms with E-state index in [9.17, 15) is 19.5 Å². The monoisotopic (exact) mass is 347 g/mol. The zero-order valence-electron chi connectivity index (χ0n) is 14.3. The highest BCUT2D eigenvalue weighted by molar-refractivity contribution is 6.21. The summed E-state index contributed by atoms with van der Waals surface area (Å²) in [6.45, 7) is 5.06. The summed E-state index contributed by atoms with van der Waals surface area (Å²) in [6.07, 6.45) is -1.84. The summed E-state index contributed by atoms with van der Waals surface area (Å²) < 4.78 is 10.6. The lowest BCUT2D eigenvalue weighted by molar-refractivity contribution is -0.233. The minimum atomic E-state index is -1.34. The van der Waals surface area contributed by atoms with Crippen molar-refractivity contribution in [3.63, 3.8) is 0 Å². The number of carbonyl (C=O) groups is 3. The van der Waals surface area contributed by atoms with Crippen LogP contribution in [0.15, 0.2) is 24.3 Å². The minimum absolute atomic E-state index is 0.0206. The average molecular weight is 347 g/mol. The topological polar surface area (TPSA) is 93.1 Å². The number of rotatable bonds is 3. The Morgan fingerprint density at radius 1 is 1.16 bits per heavy atom. The minimum Gasteiger partial charge on any atom is -0.463 e. The summed E-state index contributed by atoms with van der Waals surface area (Å²) in [5.41, 5.74) is 0.670. The third kappa shape index (κ3) is 2.94. The molecule has 1 fully saturated rings. The molecule has 134 valence electrons. The fourth-order valence-corrected chi connectivity index (χ4v) is 3.52. The molecule has 2 aliphatic rings. The van der Waals surface area contributed by atoms with Gasteiger partial charge in [-0.05, 0) is 24.0 Å². The lowest BCUT2D eigenvalue weighted by Crippen LogP contribution is -2.59. The highest BCUT2D eigenvalue weighted by atomic mass is 16.6. The van der Waals surface area contributed by atoms with E-state index in [1.807, 2.05) is 13.8 Å². The quantitative estimate of drug-likeness (QED) is 0.652. The number of hydrogen-bond acceptors (Lipinski definition) is 6. The van der Waals surface area contributed by atoms with E-state index >= 15 is 0 Å². The van der Waals surface area contributed by atoms with Crippen molar-refractivity contribution in [3.8, 4) is 0 Å². The van der Waals surface area contributed by atoms with Gasteiger partial charge >= 0.3 is 5.97 Å². The van der Waals surface area contributed by atoms with Gasteiger partial charge in [-0.2, -0.15) is 0 Å². The number of amides is 2. The summed E-state index contributed by atoms with van der Waals surface area (Å²) >= 11 is 0. The molecule has 2 aliphatic heterocycles. The molecule has 0 aliphatic carbocycles. The van der Waals surface area contributed by atoms with Crippen molar-refractivity contribution in [1.82, 2.24) is 4.90 Å². The van der Waals surface area contributed by atoms with Crippen LogP contribution in [0.2, 0.25) is 0 Å². The van der Waals surface area contributed by atoms with E-state index in [-0.39, 0.29) is 18.4 Å². The Labute approximate surface area is 145 Å². The van der Waals surface area contributed by atoms with Crippen molar-refractivity contribution in [3.05, 3.63) is 35.4 Å². The van der Waals surface area contributed by atoms with Crippen LogP contribution in [0.4, 0.5) is 0 Å². The molecule has 7 nitrogen and oxygen atoms in total. The molecule has 3 unspecified atom stereocenters. The van der Waals surface area contributed by atoms with E-state index in [0.717, 1.165) is 4.90 Å². The van der Waals surface area contributed by atoms with Gasteiger partial charge in [0.05, 0.1) is 23.3 Å². The fraction of sp³-hybridized carbons (Fsp3) is 0.500. The molecule has 1 saturated heterocycles. The van der Waals surface area contributed by atoms with Crippen molar-refractivity contribution in [2.75, 3.05) is 6.61 Å². The summed E-state index contributed by atoms with van der Waals surface area (Å²) in [5, 5.41) is 10.5. The van der Waals surface area contributed by atoms with Crippen LogP contribution in [-0.4, -0.2) is 52.8 Å². The first-order valence-corrected chi connectivity index (χ1v) is 8.26. The number of aliphatic hydroxyl groups is 1. The maximum Gasteiger partial charge on any atom is 0.302 e. The van der Waals surface area contributed by atoms with Crippen molar-refractivity contribution < 1.29 is 29.0 Å². The van der Waals surface area contributed by atoms with Crippen LogP contribution in [0.5, 0.6) is 0 Å². The van der Waals surface area contributed by atoms with Crippen molar-refractivity contribution in [2.45, 2.75) is 39.2 Å². The molecule has 7 heteroatoms. The normalized spacial score (nSPS) is 31.8. The number of nitrogens with zero attached hydrogens (tertiary/aromatic N) is 1. The summed E-state index contributed by atoms with van der Waals surface area (Å²) in [4.78, 5) is 37.4. The largest absolute Gasteiger partial charge is 0.463 e. The Kier molecular flexibility index (Phi) is 4.62. The lowest BCUT2D eigenvalue weighted by Gasteiger charge is -2.45. The first-order chi connectivity index (χ1) is 11.8. The Hall–Kier alpha value is -2.25. The number of imide groups is 1. The molecular formula is C18H21NO6. The molecule has 1 N–H and O–H groups in total. The van der Waals surface area contributed by atoms with Gasteiger partial charge in [0.1, 0.15) is 6.61 Å². The molecule has 2 heterocycles. The second-order valence-electron chi connectivity index (χ2n) is 6.60. The molecule has 3 rings (SSSR count). The molecular weight excluding hydrogens is 326 g/mol. The van der Waals surface area contributed by atoms with Crippen LogP contribution >= 0.6 is 0 Å². The van der Waals surface area contributed by atoms with Gasteiger partial charge in [-0.3, -0.25) is 19.3 Å². The van der Waals surface area contributed by atoms with Gasteiger partial charge in [-0.15, -0.1) is 0 Å². The Balaban J connectivity index is 1.83. The van der Waals surface area contributed by atoms with Crippen LogP contribution in [0.1, 0.15) is 41.5 Å². The maximum atomic E-state index is 12.7. The molecule has 1 aromatic carbocycles. The molecule has 0 spiro atoms. The first-order valence-electron chi connectivity index (χ1n) is 8.26. The number of aliphatic hydroxyl groups excluding tert-OH is 1. The Morgan fingerprint density at radius 3 is 2.24 bits per heavy atom. The third-order valence-corrected chi connectivity index (χ3v) is 5.14. The highest BCUT2D eigenvalue weighted by Crippen LogP contribution is 2.37. The van der Waals surface area contributed by atoms with Crippen molar-refractivity contribution in [2.24, 2.45) is 11.8 Å². The van der Waals surface area contributed by atoms with Gasteiger partial charge < -0.3 is 14.6 Å². The zero-order valence-corrected chi connectivity index (χ0v) is 14.3. The SMILES string of the molecule is CC(=O)OCC1OC(O)C(N2C(=O)c3ccccc3C2=O)[C@@H](C)[C@H]1C. The molecule has 0 aromatic heterocycles. The van der Waals surface area contributed by atoms with Gasteiger partial charge in [-0.25, -0.2) is 0 Å². The van der Waals surface area contributed by atoms with Gasteiger partial charge in [0, 0.05) is 6.92 Å². The molecule has 0 bridgehead atoms. The Morgan fingerprint density at radius 2 is 1.72 bits per heavy atom. The number of esters is 1. The average Bonchev–Trinajstić information content (AvgIpc) is 2.82. The van der Waals surface area contributed by atoms with E-state index in [4.69, 9.17) is 9.47 Å². The van der Waals surface area contributed by atoms with Gasteiger partial charge in [0.15, 0.2) is 6.29 Å². The number of ether oxygens (including phenoxy) is 2. The Bertz CT molecular complexity index is 682. The number of carbonyl (C=O) groups excluding carboxylic acids is 3. The third-order valence-electron chi connectivity index (χ3n) is 5.14. The van der Waals surface area contributed by atoms with Crippen molar-refractivity contribution in [1.29, 1.82) is 0 Å². The molecule has 25 heavy (non-hydrogen) atoms. The number of fused-ring (bicyclic) bond motifs is 1. The van der Waals surface area contributed by atoms with Crippen LogP contribution < -0.4 is 0 Å².